The van der Waals surface area contributed by atoms with Gasteiger partial charge in [0.2, 0.25) is 5.91 Å². The van der Waals surface area contributed by atoms with E-state index in [0.717, 1.165) is 59.5 Å². The monoisotopic (exact) mass is 484 g/mol. The van der Waals surface area contributed by atoms with Crippen molar-refractivity contribution < 1.29 is 4.79 Å². The SMILES string of the molecule is CC(C)CCC(=O)N1CCCC(c2cc(NCc3cccnc3)n3ncc(Br)c3n2)C1. The predicted octanol–water partition coefficient (Wildman–Crippen LogP) is 4.64. The van der Waals surface area contributed by atoms with Crippen LogP contribution >= 0.6 is 15.9 Å². The molecule has 1 amide bonds. The van der Waals surface area contributed by atoms with Crippen molar-refractivity contribution in [1.82, 2.24) is 24.5 Å². The molecule has 1 aliphatic rings. The van der Waals surface area contributed by atoms with Gasteiger partial charge in [-0.3, -0.25) is 9.78 Å². The Balaban J connectivity index is 1.55. The minimum atomic E-state index is 0.225. The molecular formula is C23H29BrN6O. The highest BCUT2D eigenvalue weighted by molar-refractivity contribution is 9.10. The summed E-state index contributed by atoms with van der Waals surface area (Å²) in [6.45, 7) is 6.55. The maximum absolute atomic E-state index is 12.7. The third-order valence-electron chi connectivity index (χ3n) is 5.77. The molecule has 1 atom stereocenters. The van der Waals surface area contributed by atoms with Gasteiger partial charge in [0.05, 0.1) is 16.4 Å². The van der Waals surface area contributed by atoms with Crippen LogP contribution in [0.4, 0.5) is 5.82 Å². The van der Waals surface area contributed by atoms with Crippen molar-refractivity contribution in [3.05, 3.63) is 52.5 Å². The number of nitrogens with one attached hydrogen (secondary N) is 1. The second-order valence-corrected chi connectivity index (χ2v) is 9.47. The summed E-state index contributed by atoms with van der Waals surface area (Å²) in [5.41, 5.74) is 2.89. The molecule has 7 nitrogen and oxygen atoms in total. The van der Waals surface area contributed by atoms with Gasteiger partial charge in [0, 0.05) is 50.4 Å². The molecule has 0 radical (unpaired) electrons. The number of carbonyl (C=O) groups excluding carboxylic acids is 1. The summed E-state index contributed by atoms with van der Waals surface area (Å²) >= 11 is 3.58. The van der Waals surface area contributed by atoms with E-state index in [9.17, 15) is 4.79 Å². The molecule has 1 aliphatic heterocycles. The number of likely N-dealkylation sites (tertiary alicyclic amines) is 1. The fourth-order valence-corrected chi connectivity index (χ4v) is 4.35. The van der Waals surface area contributed by atoms with Crippen molar-refractivity contribution in [2.75, 3.05) is 18.4 Å². The van der Waals surface area contributed by atoms with Crippen LogP contribution in [0, 0.1) is 5.92 Å². The molecule has 3 aromatic rings. The Bertz CT molecular complexity index is 1040. The number of pyridine rings is 1. The van der Waals surface area contributed by atoms with E-state index in [1.807, 2.05) is 27.7 Å². The van der Waals surface area contributed by atoms with Crippen LogP contribution in [0.2, 0.25) is 0 Å². The lowest BCUT2D eigenvalue weighted by Crippen LogP contribution is -2.39. The zero-order chi connectivity index (χ0) is 21.8. The van der Waals surface area contributed by atoms with Crippen LogP contribution in [0.25, 0.3) is 5.65 Å². The summed E-state index contributed by atoms with van der Waals surface area (Å²) in [6.07, 6.45) is 9.00. The molecule has 1 N–H and O–H groups in total. The first-order valence-electron chi connectivity index (χ1n) is 11.0. The molecule has 0 saturated carbocycles. The number of aromatic nitrogens is 4. The molecule has 31 heavy (non-hydrogen) atoms. The largest absolute Gasteiger partial charge is 0.366 e. The second kappa shape index (κ2) is 9.77. The fourth-order valence-electron chi connectivity index (χ4n) is 4.00. The lowest BCUT2D eigenvalue weighted by molar-refractivity contribution is -0.132. The molecule has 8 heteroatoms. The van der Waals surface area contributed by atoms with Gasteiger partial charge in [0.1, 0.15) is 5.82 Å². The molecule has 1 saturated heterocycles. The summed E-state index contributed by atoms with van der Waals surface area (Å²) in [5, 5.41) is 7.95. The third kappa shape index (κ3) is 5.23. The number of hydrogen-bond acceptors (Lipinski definition) is 5. The van der Waals surface area contributed by atoms with Crippen LogP contribution in [0.1, 0.15) is 56.7 Å². The van der Waals surface area contributed by atoms with Crippen LogP contribution in [0.3, 0.4) is 0 Å². The number of halogens is 1. The zero-order valence-electron chi connectivity index (χ0n) is 18.1. The van der Waals surface area contributed by atoms with Crippen LogP contribution in [-0.4, -0.2) is 43.5 Å². The third-order valence-corrected chi connectivity index (χ3v) is 6.33. The maximum Gasteiger partial charge on any atom is 0.222 e. The van der Waals surface area contributed by atoms with Gasteiger partial charge in [-0.15, -0.1) is 0 Å². The van der Waals surface area contributed by atoms with E-state index in [1.54, 1.807) is 12.4 Å². The number of amides is 1. The normalized spacial score (nSPS) is 16.8. The lowest BCUT2D eigenvalue weighted by atomic mass is 9.94. The van der Waals surface area contributed by atoms with Crippen LogP contribution in [0.5, 0.6) is 0 Å². The van der Waals surface area contributed by atoms with Crippen molar-refractivity contribution in [3.8, 4) is 0 Å². The summed E-state index contributed by atoms with van der Waals surface area (Å²) in [6, 6.07) is 6.05. The molecule has 0 bridgehead atoms. The number of carbonyl (C=O) groups is 1. The average Bonchev–Trinajstić information content (AvgIpc) is 3.17. The smallest absolute Gasteiger partial charge is 0.222 e. The first kappa shape index (κ1) is 21.7. The Hall–Kier alpha value is -2.48. The van der Waals surface area contributed by atoms with Gasteiger partial charge in [-0.25, -0.2) is 4.98 Å². The Kier molecular flexibility index (Phi) is 6.85. The molecule has 3 aromatic heterocycles. The summed E-state index contributed by atoms with van der Waals surface area (Å²) < 4.78 is 2.68. The van der Waals surface area contributed by atoms with Crippen molar-refractivity contribution >= 4 is 33.3 Å². The molecule has 164 valence electrons. The van der Waals surface area contributed by atoms with E-state index in [2.05, 4.69) is 51.2 Å². The number of hydrogen-bond donors (Lipinski definition) is 1. The zero-order valence-corrected chi connectivity index (χ0v) is 19.7. The van der Waals surface area contributed by atoms with E-state index in [0.29, 0.717) is 18.9 Å². The second-order valence-electron chi connectivity index (χ2n) is 8.62. The van der Waals surface area contributed by atoms with Gasteiger partial charge in [-0.2, -0.15) is 9.61 Å². The fraction of sp³-hybridized carbons (Fsp3) is 0.478. The highest BCUT2D eigenvalue weighted by atomic mass is 79.9. The number of piperidine rings is 1. The molecule has 1 fully saturated rings. The minimum absolute atomic E-state index is 0.225. The molecule has 0 aliphatic carbocycles. The minimum Gasteiger partial charge on any atom is -0.366 e. The van der Waals surface area contributed by atoms with E-state index in [1.165, 1.54) is 0 Å². The van der Waals surface area contributed by atoms with Crippen molar-refractivity contribution in [3.63, 3.8) is 0 Å². The summed E-state index contributed by atoms with van der Waals surface area (Å²) in [4.78, 5) is 23.8. The van der Waals surface area contributed by atoms with Gasteiger partial charge in [0.25, 0.3) is 0 Å². The van der Waals surface area contributed by atoms with Crippen LogP contribution in [-0.2, 0) is 11.3 Å². The highest BCUT2D eigenvalue weighted by Crippen LogP contribution is 2.30. The van der Waals surface area contributed by atoms with Gasteiger partial charge in [0.15, 0.2) is 5.65 Å². The van der Waals surface area contributed by atoms with Gasteiger partial charge in [-0.1, -0.05) is 19.9 Å². The van der Waals surface area contributed by atoms with E-state index < -0.39 is 0 Å². The van der Waals surface area contributed by atoms with Crippen molar-refractivity contribution in [2.24, 2.45) is 5.92 Å². The Morgan fingerprint density at radius 1 is 1.35 bits per heavy atom. The van der Waals surface area contributed by atoms with E-state index in [-0.39, 0.29) is 11.8 Å². The molecule has 1 unspecified atom stereocenters. The van der Waals surface area contributed by atoms with Gasteiger partial charge in [-0.05, 0) is 52.7 Å². The summed E-state index contributed by atoms with van der Waals surface area (Å²) in [7, 11) is 0. The first-order chi connectivity index (χ1) is 15.0. The quantitative estimate of drug-likeness (QED) is 0.528. The Morgan fingerprint density at radius 2 is 2.23 bits per heavy atom. The van der Waals surface area contributed by atoms with Gasteiger partial charge < -0.3 is 10.2 Å². The van der Waals surface area contributed by atoms with Crippen LogP contribution in [0.15, 0.2) is 41.3 Å². The number of rotatable bonds is 7. The molecular weight excluding hydrogens is 456 g/mol. The Labute approximate surface area is 191 Å². The predicted molar refractivity (Wildman–Crippen MR) is 125 cm³/mol. The lowest BCUT2D eigenvalue weighted by Gasteiger charge is -2.33. The molecule has 0 aromatic carbocycles. The van der Waals surface area contributed by atoms with Crippen molar-refractivity contribution in [2.45, 2.75) is 52.0 Å². The molecule has 4 heterocycles. The van der Waals surface area contributed by atoms with Crippen LogP contribution < -0.4 is 5.32 Å². The topological polar surface area (TPSA) is 75.4 Å². The standard InChI is InChI=1S/C23H29BrN6O/c1-16(2)7-8-22(31)29-10-4-6-18(15-29)20-11-21(26-13-17-5-3-9-25-12-17)30-23(28-20)19(24)14-27-30/h3,5,9,11-12,14,16,18,26H,4,6-8,10,13,15H2,1-2H3. The summed E-state index contributed by atoms with van der Waals surface area (Å²) in [5.74, 6) is 1.92. The highest BCUT2D eigenvalue weighted by Gasteiger charge is 2.26. The average molecular weight is 485 g/mol. The molecule has 0 spiro atoms. The van der Waals surface area contributed by atoms with E-state index >= 15 is 0 Å². The number of fused-ring (bicyclic) bond motifs is 1. The van der Waals surface area contributed by atoms with E-state index in [4.69, 9.17) is 4.98 Å². The Morgan fingerprint density at radius 3 is 3.00 bits per heavy atom. The van der Waals surface area contributed by atoms with Crippen molar-refractivity contribution in [1.29, 1.82) is 0 Å². The first-order valence-corrected chi connectivity index (χ1v) is 11.8. The number of anilines is 1. The maximum atomic E-state index is 12.7. The number of nitrogens with zero attached hydrogens (tertiary/aromatic N) is 5. The molecule has 4 rings (SSSR count). The van der Waals surface area contributed by atoms with Gasteiger partial charge >= 0.3 is 0 Å².